The molecule has 0 aromatic rings. The summed E-state index contributed by atoms with van der Waals surface area (Å²) in [4.78, 5) is 37.6. The van der Waals surface area contributed by atoms with E-state index < -0.39 is 5.60 Å². The third-order valence-corrected chi connectivity index (χ3v) is 10.2. The van der Waals surface area contributed by atoms with Gasteiger partial charge in [0.1, 0.15) is 6.10 Å². The third kappa shape index (κ3) is 4.21. The van der Waals surface area contributed by atoms with Gasteiger partial charge in [0, 0.05) is 18.8 Å². The lowest BCUT2D eigenvalue weighted by atomic mass is 9.47. The number of hydrogen-bond donors (Lipinski definition) is 0. The van der Waals surface area contributed by atoms with E-state index in [2.05, 4.69) is 39.8 Å². The first-order chi connectivity index (χ1) is 16.5. The minimum atomic E-state index is -1.00. The number of fused-ring (bicyclic) bond motifs is 5. The van der Waals surface area contributed by atoms with Crippen LogP contribution < -0.4 is 0 Å². The summed E-state index contributed by atoms with van der Waals surface area (Å²) in [7, 11) is 0. The molecule has 0 saturated heterocycles. The maximum absolute atomic E-state index is 13.2. The van der Waals surface area contributed by atoms with Gasteiger partial charge in [-0.05, 0) is 93.6 Å². The van der Waals surface area contributed by atoms with Crippen LogP contribution in [0.5, 0.6) is 0 Å². The van der Waals surface area contributed by atoms with Crippen molar-refractivity contribution in [3.8, 4) is 0 Å². The molecule has 0 aromatic heterocycles. The van der Waals surface area contributed by atoms with E-state index in [9.17, 15) is 14.4 Å². The average molecular weight is 485 g/mol. The molecular formula is C30H44O5. The monoisotopic (exact) mass is 484 g/mol. The normalized spacial score (nSPS) is 39.9. The zero-order valence-corrected chi connectivity index (χ0v) is 22.6. The van der Waals surface area contributed by atoms with Crippen LogP contribution in [0.3, 0.4) is 0 Å². The van der Waals surface area contributed by atoms with E-state index in [1.54, 1.807) is 6.92 Å². The predicted molar refractivity (Wildman–Crippen MR) is 135 cm³/mol. The number of hydrogen-bond acceptors (Lipinski definition) is 5. The Morgan fingerprint density at radius 1 is 0.971 bits per heavy atom. The molecule has 4 aliphatic carbocycles. The highest BCUT2D eigenvalue weighted by Gasteiger charge is 2.67. The van der Waals surface area contributed by atoms with Gasteiger partial charge in [-0.3, -0.25) is 14.4 Å². The van der Waals surface area contributed by atoms with Crippen LogP contribution in [0.1, 0.15) is 106 Å². The molecule has 0 amide bonds. The highest BCUT2D eigenvalue weighted by molar-refractivity contribution is 5.89. The number of allylic oxidation sites excluding steroid dienone is 3. The maximum Gasteiger partial charge on any atom is 0.306 e. The molecular weight excluding hydrogens is 440 g/mol. The number of rotatable bonds is 7. The van der Waals surface area contributed by atoms with E-state index in [1.807, 2.05) is 0 Å². The zero-order valence-electron chi connectivity index (χ0n) is 22.6. The van der Waals surface area contributed by atoms with Gasteiger partial charge < -0.3 is 9.47 Å². The van der Waals surface area contributed by atoms with Gasteiger partial charge in [-0.1, -0.05) is 45.3 Å². The Morgan fingerprint density at radius 3 is 2.34 bits per heavy atom. The minimum absolute atomic E-state index is 0.00925. The summed E-state index contributed by atoms with van der Waals surface area (Å²) in [5.41, 5.74) is 1.30. The van der Waals surface area contributed by atoms with Crippen molar-refractivity contribution >= 4 is 17.7 Å². The van der Waals surface area contributed by atoms with Crippen LogP contribution in [0.4, 0.5) is 0 Å². The van der Waals surface area contributed by atoms with Crippen LogP contribution >= 0.6 is 0 Å². The molecule has 35 heavy (non-hydrogen) atoms. The second-order valence-electron chi connectivity index (χ2n) is 12.1. The molecule has 0 aliphatic heterocycles. The lowest BCUT2D eigenvalue weighted by Crippen LogP contribution is -2.58. The molecule has 2 fully saturated rings. The molecule has 0 aromatic carbocycles. The summed E-state index contributed by atoms with van der Waals surface area (Å²) in [6, 6.07) is 0. The quantitative estimate of drug-likeness (QED) is 0.305. The van der Waals surface area contributed by atoms with E-state index in [0.717, 1.165) is 51.4 Å². The summed E-state index contributed by atoms with van der Waals surface area (Å²) in [5, 5.41) is 0. The molecule has 2 saturated carbocycles. The van der Waals surface area contributed by atoms with Gasteiger partial charge in [-0.25, -0.2) is 0 Å². The Morgan fingerprint density at radius 2 is 1.69 bits per heavy atom. The Kier molecular flexibility index (Phi) is 7.11. The maximum atomic E-state index is 13.2. The number of carbonyl (C=O) groups is 3. The first-order valence-corrected chi connectivity index (χ1v) is 13.8. The molecule has 0 N–H and O–H groups in total. The lowest BCUT2D eigenvalue weighted by molar-refractivity contribution is -0.187. The smallest absolute Gasteiger partial charge is 0.306 e. The number of carbonyl (C=O) groups excluding carboxylic acids is 3. The van der Waals surface area contributed by atoms with E-state index in [-0.39, 0.29) is 34.7 Å². The van der Waals surface area contributed by atoms with Gasteiger partial charge in [0.2, 0.25) is 0 Å². The van der Waals surface area contributed by atoms with Crippen LogP contribution in [0.15, 0.2) is 23.3 Å². The van der Waals surface area contributed by atoms with Gasteiger partial charge >= 0.3 is 11.9 Å². The lowest BCUT2D eigenvalue weighted by Gasteiger charge is -2.58. The molecule has 7 atom stereocenters. The van der Waals surface area contributed by atoms with Crippen LogP contribution in [0.2, 0.25) is 0 Å². The van der Waals surface area contributed by atoms with Crippen molar-refractivity contribution in [3.63, 3.8) is 0 Å². The molecule has 5 heteroatoms. The number of Topliss-reactive ketones (excluding diaryl/α,β-unsaturated/α-hetero) is 1. The average Bonchev–Trinajstić information content (AvgIpc) is 3.08. The fraction of sp³-hybridized carbons (Fsp3) is 0.767. The van der Waals surface area contributed by atoms with Crippen molar-refractivity contribution in [2.75, 3.05) is 0 Å². The number of ketones is 1. The summed E-state index contributed by atoms with van der Waals surface area (Å²) < 4.78 is 11.8. The molecule has 4 rings (SSSR count). The van der Waals surface area contributed by atoms with E-state index in [0.29, 0.717) is 30.6 Å². The summed E-state index contributed by atoms with van der Waals surface area (Å²) in [6.07, 6.45) is 13.0. The predicted octanol–water partition coefficient (Wildman–Crippen LogP) is 6.50. The largest absolute Gasteiger partial charge is 0.458 e. The number of ether oxygens (including phenoxy) is 2. The molecule has 0 heterocycles. The highest BCUT2D eigenvalue weighted by atomic mass is 16.6. The second-order valence-corrected chi connectivity index (χ2v) is 12.1. The SMILES string of the molecule is CCCCCC(=O)O[C@]1(C(C)=O)CC[C@H]2[C@H]3C=C(C)C4=C[C@H](OC(C)=O)CC[C@]4(C)[C@@H]3CC[C@@]21C. The number of unbranched alkanes of at least 4 members (excludes halogenated alkanes) is 2. The fourth-order valence-corrected chi connectivity index (χ4v) is 8.44. The van der Waals surface area contributed by atoms with E-state index in [1.165, 1.54) is 18.1 Å². The first-order valence-electron chi connectivity index (χ1n) is 13.8. The van der Waals surface area contributed by atoms with Crippen LogP contribution in [-0.2, 0) is 23.9 Å². The van der Waals surface area contributed by atoms with Gasteiger partial charge in [0.05, 0.1) is 0 Å². The van der Waals surface area contributed by atoms with Crippen LogP contribution in [0, 0.1) is 28.6 Å². The van der Waals surface area contributed by atoms with Crippen LogP contribution in [-0.4, -0.2) is 29.4 Å². The van der Waals surface area contributed by atoms with Gasteiger partial charge in [0.15, 0.2) is 11.4 Å². The summed E-state index contributed by atoms with van der Waals surface area (Å²) >= 11 is 0. The number of esters is 2. The highest BCUT2D eigenvalue weighted by Crippen LogP contribution is 2.68. The topological polar surface area (TPSA) is 69.7 Å². The Balaban J connectivity index is 1.64. The van der Waals surface area contributed by atoms with E-state index >= 15 is 0 Å². The van der Waals surface area contributed by atoms with Crippen molar-refractivity contribution in [3.05, 3.63) is 23.3 Å². The minimum Gasteiger partial charge on any atom is -0.458 e. The Bertz CT molecular complexity index is 946. The fourth-order valence-electron chi connectivity index (χ4n) is 8.44. The standard InChI is InChI=1S/C30H44O5/c1-7-8-9-10-27(33)35-30(20(3)31)16-13-25-23-17-19(2)26-18-22(34-21(4)32)11-14-28(26,5)24(23)12-15-29(25,30)6/h17-18,22-25H,7-16H2,1-6H3/t22-,23+,24-,25+,28-,29+,30+/m1/s1. The third-order valence-electron chi connectivity index (χ3n) is 10.2. The summed E-state index contributed by atoms with van der Waals surface area (Å²) in [5.74, 6) is 0.727. The molecule has 0 unspecified atom stereocenters. The molecule has 0 radical (unpaired) electrons. The van der Waals surface area contributed by atoms with Gasteiger partial charge in [-0.2, -0.15) is 0 Å². The molecule has 0 spiro atoms. The van der Waals surface area contributed by atoms with E-state index in [4.69, 9.17) is 9.47 Å². The zero-order chi connectivity index (χ0) is 25.6. The molecule has 0 bridgehead atoms. The first kappa shape index (κ1) is 26.2. The summed E-state index contributed by atoms with van der Waals surface area (Å²) in [6.45, 7) is 12.0. The molecule has 4 aliphatic rings. The van der Waals surface area contributed by atoms with Crippen molar-refractivity contribution < 1.29 is 23.9 Å². The van der Waals surface area contributed by atoms with Crippen LogP contribution in [0.25, 0.3) is 0 Å². The van der Waals surface area contributed by atoms with Crippen molar-refractivity contribution in [2.45, 2.75) is 117 Å². The van der Waals surface area contributed by atoms with Crippen molar-refractivity contribution in [1.29, 1.82) is 0 Å². The van der Waals surface area contributed by atoms with Gasteiger partial charge in [0.25, 0.3) is 0 Å². The second kappa shape index (κ2) is 9.52. The molecule has 194 valence electrons. The molecule has 5 nitrogen and oxygen atoms in total. The Labute approximate surface area is 211 Å². The van der Waals surface area contributed by atoms with Crippen molar-refractivity contribution in [2.24, 2.45) is 28.6 Å². The van der Waals surface area contributed by atoms with Gasteiger partial charge in [-0.15, -0.1) is 0 Å². The Hall–Kier alpha value is -1.91. The van der Waals surface area contributed by atoms with Crippen molar-refractivity contribution in [1.82, 2.24) is 0 Å².